The molecule has 6 aliphatic rings. The molecular weight excluding hydrogens is 556 g/mol. The van der Waals surface area contributed by atoms with E-state index in [4.69, 9.17) is 4.84 Å². The van der Waals surface area contributed by atoms with E-state index in [0.29, 0.717) is 36.3 Å². The minimum absolute atomic E-state index is 0.102. The van der Waals surface area contributed by atoms with Crippen LogP contribution in [0.5, 0.6) is 5.75 Å². The number of nitrogens with zero attached hydrogens (tertiary/aromatic N) is 3. The molecular formula is C34H38N6O4. The highest BCUT2D eigenvalue weighted by atomic mass is 16.6. The molecule has 0 radical (unpaired) electrons. The normalized spacial score (nSPS) is 30.7. The fourth-order valence-corrected chi connectivity index (χ4v) is 9.37. The van der Waals surface area contributed by atoms with E-state index in [1.54, 1.807) is 12.4 Å². The van der Waals surface area contributed by atoms with E-state index >= 15 is 0 Å². The molecule has 2 atom stereocenters. The zero-order chi connectivity index (χ0) is 30.1. The van der Waals surface area contributed by atoms with E-state index in [9.17, 15) is 14.4 Å². The van der Waals surface area contributed by atoms with Gasteiger partial charge >= 0.3 is 6.03 Å². The smallest absolute Gasteiger partial charge is 0.324 e. The SMILES string of the molecule is Cc1cc(CC(NC(=O)N2CCC3(C=NOc4ccccc43)CC2=O)C(=O)NC23CC4CC(CC(C4)C2)C3)cc2cn[nH]c12. The molecule has 3 N–H and O–H groups in total. The summed E-state index contributed by atoms with van der Waals surface area (Å²) in [5.74, 6) is 2.20. The van der Waals surface area contributed by atoms with Crippen LogP contribution in [0.2, 0.25) is 0 Å². The molecule has 228 valence electrons. The number of imide groups is 1. The molecule has 1 aromatic heterocycles. The third-order valence-electron chi connectivity index (χ3n) is 11.0. The minimum atomic E-state index is -0.826. The van der Waals surface area contributed by atoms with Crippen LogP contribution in [0.3, 0.4) is 0 Å². The second-order valence-electron chi connectivity index (χ2n) is 14.1. The van der Waals surface area contributed by atoms with Crippen LogP contribution < -0.4 is 15.5 Å². The fourth-order valence-electron chi connectivity index (χ4n) is 9.37. The number of hydrogen-bond donors (Lipinski definition) is 3. The van der Waals surface area contributed by atoms with Gasteiger partial charge in [0.2, 0.25) is 11.8 Å². The molecule has 4 bridgehead atoms. The second kappa shape index (κ2) is 10.2. The molecule has 9 rings (SSSR count). The molecule has 2 aliphatic heterocycles. The Morgan fingerprint density at radius 3 is 2.61 bits per heavy atom. The molecule has 10 heteroatoms. The van der Waals surface area contributed by atoms with Crippen molar-refractivity contribution >= 4 is 35.0 Å². The topological polar surface area (TPSA) is 129 Å². The number of fused-ring (bicyclic) bond motifs is 3. The first-order valence-electron chi connectivity index (χ1n) is 15.9. The van der Waals surface area contributed by atoms with Gasteiger partial charge in [0.25, 0.3) is 0 Å². The zero-order valence-corrected chi connectivity index (χ0v) is 25.0. The first kappa shape index (κ1) is 27.3. The van der Waals surface area contributed by atoms with Crippen molar-refractivity contribution < 1.29 is 19.2 Å². The number of urea groups is 1. The lowest BCUT2D eigenvalue weighted by Gasteiger charge is -2.57. The average Bonchev–Trinajstić information content (AvgIpc) is 3.46. The number of carbonyl (C=O) groups excluding carboxylic acids is 3. The van der Waals surface area contributed by atoms with Crippen molar-refractivity contribution in [2.75, 3.05) is 6.54 Å². The van der Waals surface area contributed by atoms with Gasteiger partial charge in [-0.2, -0.15) is 5.10 Å². The molecule has 3 heterocycles. The first-order chi connectivity index (χ1) is 21.3. The van der Waals surface area contributed by atoms with Crippen LogP contribution in [-0.4, -0.2) is 57.3 Å². The van der Waals surface area contributed by atoms with E-state index in [-0.39, 0.29) is 30.3 Å². The van der Waals surface area contributed by atoms with Crippen LogP contribution in [0.15, 0.2) is 47.8 Å². The van der Waals surface area contributed by atoms with Gasteiger partial charge in [0, 0.05) is 41.3 Å². The maximum Gasteiger partial charge on any atom is 0.324 e. The summed E-state index contributed by atoms with van der Waals surface area (Å²) in [5, 5.41) is 18.7. The van der Waals surface area contributed by atoms with Gasteiger partial charge in [-0.1, -0.05) is 29.4 Å². The number of para-hydroxylation sites is 1. The van der Waals surface area contributed by atoms with E-state index in [1.165, 1.54) is 24.2 Å². The van der Waals surface area contributed by atoms with E-state index < -0.39 is 17.5 Å². The van der Waals surface area contributed by atoms with Crippen molar-refractivity contribution in [1.29, 1.82) is 0 Å². The van der Waals surface area contributed by atoms with Gasteiger partial charge in [-0.3, -0.25) is 19.6 Å². The summed E-state index contributed by atoms with van der Waals surface area (Å²) >= 11 is 0. The quantitative estimate of drug-likeness (QED) is 0.400. The highest BCUT2D eigenvalue weighted by molar-refractivity contribution is 6.00. The first-order valence-corrected chi connectivity index (χ1v) is 15.9. The number of oxime groups is 1. The monoisotopic (exact) mass is 594 g/mol. The molecule has 1 saturated heterocycles. The lowest BCUT2D eigenvalue weighted by Crippen LogP contribution is -2.64. The maximum atomic E-state index is 14.1. The minimum Gasteiger partial charge on any atom is -0.357 e. The third kappa shape index (κ3) is 4.66. The molecule has 10 nitrogen and oxygen atoms in total. The molecule has 5 fully saturated rings. The summed E-state index contributed by atoms with van der Waals surface area (Å²) in [6.45, 7) is 2.22. The molecule has 44 heavy (non-hydrogen) atoms. The number of carbonyl (C=O) groups is 3. The van der Waals surface area contributed by atoms with Crippen LogP contribution in [0.4, 0.5) is 4.79 Å². The average molecular weight is 595 g/mol. The Hall–Kier alpha value is -4.21. The van der Waals surface area contributed by atoms with Gasteiger partial charge in [-0.15, -0.1) is 0 Å². The molecule has 3 aromatic rings. The van der Waals surface area contributed by atoms with Crippen LogP contribution in [0.25, 0.3) is 10.9 Å². The molecule has 4 saturated carbocycles. The predicted octanol–water partition coefficient (Wildman–Crippen LogP) is 4.52. The van der Waals surface area contributed by atoms with Gasteiger partial charge in [-0.05, 0) is 92.9 Å². The zero-order valence-electron chi connectivity index (χ0n) is 25.0. The van der Waals surface area contributed by atoms with E-state index in [1.807, 2.05) is 43.3 Å². The second-order valence-corrected chi connectivity index (χ2v) is 14.1. The molecule has 2 unspecified atom stereocenters. The van der Waals surface area contributed by atoms with Gasteiger partial charge in [0.05, 0.1) is 17.9 Å². The van der Waals surface area contributed by atoms with E-state index in [2.05, 4.69) is 26.0 Å². The van der Waals surface area contributed by atoms with Gasteiger partial charge < -0.3 is 15.5 Å². The van der Waals surface area contributed by atoms with E-state index in [0.717, 1.165) is 46.9 Å². The fraction of sp³-hybridized carbons (Fsp3) is 0.500. The van der Waals surface area contributed by atoms with Crippen LogP contribution in [-0.2, 0) is 21.4 Å². The number of aromatic amines is 1. The largest absolute Gasteiger partial charge is 0.357 e. The highest BCUT2D eigenvalue weighted by Gasteiger charge is 2.52. The van der Waals surface area contributed by atoms with Gasteiger partial charge in [-0.25, -0.2) is 4.79 Å². The van der Waals surface area contributed by atoms with Crippen molar-refractivity contribution in [2.24, 2.45) is 22.9 Å². The van der Waals surface area contributed by atoms with Crippen LogP contribution >= 0.6 is 0 Å². The maximum absolute atomic E-state index is 14.1. The lowest BCUT2D eigenvalue weighted by molar-refractivity contribution is -0.132. The number of piperidine rings is 1. The molecule has 4 aliphatic carbocycles. The van der Waals surface area contributed by atoms with Crippen molar-refractivity contribution in [3.05, 3.63) is 59.3 Å². The number of likely N-dealkylation sites (tertiary alicyclic amines) is 1. The predicted molar refractivity (Wildman–Crippen MR) is 164 cm³/mol. The summed E-state index contributed by atoms with van der Waals surface area (Å²) in [6, 6.07) is 10.3. The van der Waals surface area contributed by atoms with Crippen LogP contribution in [0.1, 0.15) is 68.1 Å². The summed E-state index contributed by atoms with van der Waals surface area (Å²) in [6.07, 6.45) is 11.3. The number of rotatable bonds is 5. The summed E-state index contributed by atoms with van der Waals surface area (Å²) in [5.41, 5.74) is 3.01. The number of amides is 4. The van der Waals surface area contributed by atoms with Crippen molar-refractivity contribution in [3.63, 3.8) is 0 Å². The van der Waals surface area contributed by atoms with Gasteiger partial charge in [0.15, 0.2) is 5.75 Å². The lowest BCUT2D eigenvalue weighted by atomic mass is 9.53. The summed E-state index contributed by atoms with van der Waals surface area (Å²) in [7, 11) is 0. The molecule has 1 spiro atoms. The summed E-state index contributed by atoms with van der Waals surface area (Å²) in [4.78, 5) is 48.1. The summed E-state index contributed by atoms with van der Waals surface area (Å²) < 4.78 is 0. The Kier molecular flexibility index (Phi) is 6.32. The standard InChI is InChI=1S/C34H38N6O4/c1-20-8-21(12-25-18-35-39-30(20)25)13-27(31(42)38-34-14-22-9-23(15-34)11-24(10-22)16-34)37-32(43)40-7-6-33(17-29(40)41)19-36-44-28-5-3-2-4-26(28)33/h2-5,8,12,18-19,22-24,27H,6-7,9-11,13-17H2,1H3,(H,35,39)(H,37,43)(H,38,42). The Morgan fingerprint density at radius 2 is 1.86 bits per heavy atom. The third-order valence-corrected chi connectivity index (χ3v) is 11.0. The Morgan fingerprint density at radius 1 is 1.11 bits per heavy atom. The number of benzene rings is 2. The van der Waals surface area contributed by atoms with Crippen LogP contribution in [0, 0.1) is 24.7 Å². The van der Waals surface area contributed by atoms with Crippen molar-refractivity contribution in [1.82, 2.24) is 25.7 Å². The number of aryl methyl sites for hydroxylation is 1. The Bertz CT molecular complexity index is 1660. The number of hydrogen-bond acceptors (Lipinski definition) is 6. The van der Waals surface area contributed by atoms with Gasteiger partial charge in [0.1, 0.15) is 6.04 Å². The Balaban J connectivity index is 1.03. The number of H-pyrrole nitrogens is 1. The number of aromatic nitrogens is 2. The Labute approximate surface area is 256 Å². The van der Waals surface area contributed by atoms with Crippen molar-refractivity contribution in [3.8, 4) is 5.75 Å². The molecule has 2 aromatic carbocycles. The number of nitrogens with one attached hydrogen (secondary N) is 3. The molecule has 4 amide bonds. The van der Waals surface area contributed by atoms with Crippen molar-refractivity contribution in [2.45, 2.75) is 81.7 Å². The highest BCUT2D eigenvalue weighted by Crippen LogP contribution is 2.55.